The Morgan fingerprint density at radius 1 is 1.04 bits per heavy atom. The molecule has 3 atom stereocenters. The molecular weight excluding hydrogens is 447 g/mol. The summed E-state index contributed by atoms with van der Waals surface area (Å²) in [4.78, 5) is 6.90. The zero-order chi connectivity index (χ0) is 17.9. The van der Waals surface area contributed by atoms with Gasteiger partial charge in [-0.2, -0.15) is 0 Å². The van der Waals surface area contributed by atoms with E-state index in [0.29, 0.717) is 18.0 Å². The third-order valence-electron chi connectivity index (χ3n) is 5.49. The number of halogens is 1. The average Bonchev–Trinajstić information content (AvgIpc) is 3.29. The van der Waals surface area contributed by atoms with Gasteiger partial charge in [-0.15, -0.1) is 24.0 Å². The van der Waals surface area contributed by atoms with E-state index in [1.807, 2.05) is 7.05 Å². The zero-order valence-electron chi connectivity index (χ0n) is 16.1. The molecule has 2 aromatic carbocycles. The number of anilines is 1. The first-order chi connectivity index (χ1) is 12.7. The summed E-state index contributed by atoms with van der Waals surface area (Å²) in [6.07, 6.45) is 2.33. The van der Waals surface area contributed by atoms with Gasteiger partial charge in [0, 0.05) is 43.8 Å². The standard InChI is InChI=1S/C22H28N4.HI/c1-16-8-10-19(11-9-16)26-13-12-18(15-26)24-22(23-2)25-21-14-20(21)17-6-4-3-5-7-17;/h3-11,18,20-21H,12-15H2,1-2H3,(H2,23,24,25);1H. The largest absolute Gasteiger partial charge is 0.369 e. The summed E-state index contributed by atoms with van der Waals surface area (Å²) in [5, 5.41) is 7.22. The normalized spacial score (nSPS) is 24.3. The highest BCUT2D eigenvalue weighted by atomic mass is 127. The highest BCUT2D eigenvalue weighted by Gasteiger charge is 2.39. The van der Waals surface area contributed by atoms with Gasteiger partial charge in [-0.05, 0) is 37.5 Å². The molecule has 144 valence electrons. The summed E-state index contributed by atoms with van der Waals surface area (Å²) in [7, 11) is 1.86. The van der Waals surface area contributed by atoms with Gasteiger partial charge in [0.2, 0.25) is 0 Å². The molecule has 1 heterocycles. The number of hydrogen-bond donors (Lipinski definition) is 2. The minimum atomic E-state index is 0. The van der Waals surface area contributed by atoms with Crippen molar-refractivity contribution in [1.82, 2.24) is 10.6 Å². The average molecular weight is 476 g/mol. The number of rotatable bonds is 4. The smallest absolute Gasteiger partial charge is 0.191 e. The molecule has 2 aliphatic rings. The van der Waals surface area contributed by atoms with Crippen LogP contribution < -0.4 is 15.5 Å². The molecule has 5 heteroatoms. The second-order valence-corrected chi connectivity index (χ2v) is 7.49. The van der Waals surface area contributed by atoms with Gasteiger partial charge in [-0.1, -0.05) is 48.0 Å². The van der Waals surface area contributed by atoms with E-state index in [4.69, 9.17) is 0 Å². The molecule has 4 rings (SSSR count). The van der Waals surface area contributed by atoms with Crippen LogP contribution in [-0.4, -0.2) is 38.2 Å². The Bertz CT molecular complexity index is 760. The molecule has 1 saturated carbocycles. The predicted octanol–water partition coefficient (Wildman–Crippen LogP) is 3.91. The highest BCUT2D eigenvalue weighted by molar-refractivity contribution is 14.0. The number of benzene rings is 2. The van der Waals surface area contributed by atoms with Crippen molar-refractivity contribution < 1.29 is 0 Å². The maximum atomic E-state index is 4.45. The fourth-order valence-corrected chi connectivity index (χ4v) is 3.83. The molecule has 3 unspecified atom stereocenters. The Hall–Kier alpha value is -1.76. The summed E-state index contributed by atoms with van der Waals surface area (Å²) < 4.78 is 0. The number of hydrogen-bond acceptors (Lipinski definition) is 2. The molecule has 0 bridgehead atoms. The minimum Gasteiger partial charge on any atom is -0.369 e. The van der Waals surface area contributed by atoms with Crippen molar-refractivity contribution in [2.45, 2.75) is 37.8 Å². The topological polar surface area (TPSA) is 39.7 Å². The van der Waals surface area contributed by atoms with Crippen LogP contribution in [0.1, 0.15) is 29.9 Å². The van der Waals surface area contributed by atoms with Crippen LogP contribution in [-0.2, 0) is 0 Å². The number of aliphatic imine (C=N–C) groups is 1. The molecule has 2 N–H and O–H groups in total. The molecule has 1 saturated heterocycles. The summed E-state index contributed by atoms with van der Waals surface area (Å²) in [5.41, 5.74) is 4.05. The van der Waals surface area contributed by atoms with Crippen molar-refractivity contribution in [3.63, 3.8) is 0 Å². The van der Waals surface area contributed by atoms with Crippen molar-refractivity contribution in [3.05, 3.63) is 65.7 Å². The molecule has 0 aromatic heterocycles. The van der Waals surface area contributed by atoms with Crippen LogP contribution in [0.5, 0.6) is 0 Å². The van der Waals surface area contributed by atoms with E-state index < -0.39 is 0 Å². The molecule has 1 aliphatic carbocycles. The monoisotopic (exact) mass is 476 g/mol. The lowest BCUT2D eigenvalue weighted by Crippen LogP contribution is -2.45. The Morgan fingerprint density at radius 2 is 1.78 bits per heavy atom. The van der Waals surface area contributed by atoms with Crippen molar-refractivity contribution in [2.24, 2.45) is 4.99 Å². The second-order valence-electron chi connectivity index (χ2n) is 7.49. The van der Waals surface area contributed by atoms with E-state index in [-0.39, 0.29) is 24.0 Å². The molecule has 2 fully saturated rings. The van der Waals surface area contributed by atoms with Gasteiger partial charge >= 0.3 is 0 Å². The molecular formula is C22H29IN4. The van der Waals surface area contributed by atoms with Crippen molar-refractivity contribution in [2.75, 3.05) is 25.0 Å². The lowest BCUT2D eigenvalue weighted by atomic mass is 10.1. The first kappa shape index (κ1) is 20.0. The Labute approximate surface area is 179 Å². The molecule has 0 spiro atoms. The van der Waals surface area contributed by atoms with E-state index in [1.54, 1.807) is 0 Å². The molecule has 0 radical (unpaired) electrons. The minimum absolute atomic E-state index is 0. The lowest BCUT2D eigenvalue weighted by Gasteiger charge is -2.20. The Balaban J connectivity index is 0.00000210. The molecule has 0 amide bonds. The van der Waals surface area contributed by atoms with Crippen LogP contribution in [0.3, 0.4) is 0 Å². The van der Waals surface area contributed by atoms with E-state index in [2.05, 4.69) is 82.0 Å². The van der Waals surface area contributed by atoms with Crippen molar-refractivity contribution in [3.8, 4) is 0 Å². The van der Waals surface area contributed by atoms with Crippen LogP contribution in [0, 0.1) is 6.92 Å². The third kappa shape index (κ3) is 4.94. The van der Waals surface area contributed by atoms with Crippen molar-refractivity contribution in [1.29, 1.82) is 0 Å². The fraction of sp³-hybridized carbons (Fsp3) is 0.409. The number of guanidine groups is 1. The zero-order valence-corrected chi connectivity index (χ0v) is 18.4. The maximum Gasteiger partial charge on any atom is 0.191 e. The highest BCUT2D eigenvalue weighted by Crippen LogP contribution is 2.40. The molecule has 1 aliphatic heterocycles. The maximum absolute atomic E-state index is 4.45. The van der Waals surface area contributed by atoms with Gasteiger partial charge in [0.1, 0.15) is 0 Å². The van der Waals surface area contributed by atoms with Gasteiger partial charge in [-0.25, -0.2) is 0 Å². The third-order valence-corrected chi connectivity index (χ3v) is 5.49. The van der Waals surface area contributed by atoms with Crippen LogP contribution in [0.2, 0.25) is 0 Å². The van der Waals surface area contributed by atoms with Crippen LogP contribution in [0.25, 0.3) is 0 Å². The number of nitrogens with one attached hydrogen (secondary N) is 2. The van der Waals surface area contributed by atoms with E-state index in [9.17, 15) is 0 Å². The molecule has 4 nitrogen and oxygen atoms in total. The predicted molar refractivity (Wildman–Crippen MR) is 124 cm³/mol. The molecule has 2 aromatic rings. The lowest BCUT2D eigenvalue weighted by molar-refractivity contribution is 0.646. The summed E-state index contributed by atoms with van der Waals surface area (Å²) in [6, 6.07) is 20.5. The SMILES string of the molecule is CN=C(NC1CCN(c2ccc(C)cc2)C1)NC1CC1c1ccccc1.I. The quantitative estimate of drug-likeness (QED) is 0.400. The fourth-order valence-electron chi connectivity index (χ4n) is 3.83. The van der Waals surface area contributed by atoms with Crippen molar-refractivity contribution >= 4 is 35.6 Å². The number of nitrogens with zero attached hydrogens (tertiary/aromatic N) is 2. The molecule has 27 heavy (non-hydrogen) atoms. The van der Waals surface area contributed by atoms with Gasteiger partial charge in [0.05, 0.1) is 0 Å². The number of aryl methyl sites for hydroxylation is 1. The first-order valence-electron chi connectivity index (χ1n) is 9.59. The van der Waals surface area contributed by atoms with Crippen LogP contribution >= 0.6 is 24.0 Å². The van der Waals surface area contributed by atoms with Gasteiger partial charge in [0.25, 0.3) is 0 Å². The summed E-state index contributed by atoms with van der Waals surface area (Å²) >= 11 is 0. The van der Waals surface area contributed by atoms with Gasteiger partial charge in [0.15, 0.2) is 5.96 Å². The van der Waals surface area contributed by atoms with Gasteiger partial charge < -0.3 is 15.5 Å². The van der Waals surface area contributed by atoms with E-state index >= 15 is 0 Å². The van der Waals surface area contributed by atoms with E-state index in [1.165, 1.54) is 23.2 Å². The first-order valence-corrected chi connectivity index (χ1v) is 9.59. The summed E-state index contributed by atoms with van der Waals surface area (Å²) in [6.45, 7) is 4.25. The van der Waals surface area contributed by atoms with Crippen LogP contribution in [0.4, 0.5) is 5.69 Å². The Morgan fingerprint density at radius 3 is 2.48 bits per heavy atom. The van der Waals surface area contributed by atoms with Gasteiger partial charge in [-0.3, -0.25) is 4.99 Å². The summed E-state index contributed by atoms with van der Waals surface area (Å²) in [5.74, 6) is 1.55. The van der Waals surface area contributed by atoms with E-state index in [0.717, 1.165) is 25.5 Å². The Kier molecular flexibility index (Phi) is 6.63. The van der Waals surface area contributed by atoms with Crippen LogP contribution in [0.15, 0.2) is 59.6 Å². The second kappa shape index (κ2) is 8.95.